The molecule has 0 N–H and O–H groups in total. The number of fused-ring (bicyclic) bond motifs is 2. The fourth-order valence-electron chi connectivity index (χ4n) is 4.51. The van der Waals surface area contributed by atoms with Crippen molar-refractivity contribution >= 4 is 19.5 Å². The Hall–Kier alpha value is -1.12. The first-order valence-electron chi connectivity index (χ1n) is 8.20. The molecule has 24 heavy (non-hydrogen) atoms. The van der Waals surface area contributed by atoms with Crippen LogP contribution in [0.5, 0.6) is 0 Å². The molecule has 0 amide bonds. The molecule has 2 heterocycles. The molecule has 0 radical (unpaired) electrons. The second kappa shape index (κ2) is 5.71. The Bertz CT molecular complexity index is 841. The molecule has 0 unspecified atom stereocenters. The minimum absolute atomic E-state index is 0. The first-order chi connectivity index (χ1) is 10.8. The normalized spacial score (nSPS) is 21.8. The number of allylic oxidation sites excluding steroid dienone is 12. The molecule has 0 fully saturated rings. The van der Waals surface area contributed by atoms with Crippen molar-refractivity contribution < 1.29 is 26.2 Å². The van der Waals surface area contributed by atoms with E-state index in [0.717, 1.165) is 22.8 Å². The fraction of sp³-hybridized carbons (Fsp3) is 0.300. The summed E-state index contributed by atoms with van der Waals surface area (Å²) in [7, 11) is -1.82. The van der Waals surface area contributed by atoms with E-state index in [2.05, 4.69) is 75.1 Å². The van der Waals surface area contributed by atoms with Crippen LogP contribution in [0.25, 0.3) is 0 Å². The molecular weight excluding hydrogens is 388 g/mol. The molecule has 0 saturated heterocycles. The van der Waals surface area contributed by atoms with Crippen molar-refractivity contribution in [2.24, 2.45) is 9.98 Å². The van der Waals surface area contributed by atoms with Crippen molar-refractivity contribution in [2.45, 2.75) is 40.8 Å². The van der Waals surface area contributed by atoms with Crippen LogP contribution >= 0.6 is 0 Å². The number of rotatable bonds is 2. The largest absolute Gasteiger partial charge is 0.253 e. The van der Waals surface area contributed by atoms with Gasteiger partial charge in [-0.2, -0.15) is 0 Å². The zero-order valence-electron chi connectivity index (χ0n) is 15.2. The van der Waals surface area contributed by atoms with Gasteiger partial charge in [-0.3, -0.25) is 9.98 Å². The Morgan fingerprint density at radius 2 is 1.04 bits per heavy atom. The smallest absolute Gasteiger partial charge is 0.114 e. The molecule has 0 saturated carbocycles. The summed E-state index contributed by atoms with van der Waals surface area (Å²) < 4.78 is 0. The summed E-state index contributed by atoms with van der Waals surface area (Å²) in [4.78, 5) is 9.38. The summed E-state index contributed by atoms with van der Waals surface area (Å²) in [6, 6.07) is 0. The number of hydrogen-bond donors (Lipinski definition) is 0. The van der Waals surface area contributed by atoms with Gasteiger partial charge < -0.3 is 0 Å². The Balaban J connectivity index is 0.00000169. The maximum atomic E-state index is 4.69. The molecule has 0 aromatic carbocycles. The van der Waals surface area contributed by atoms with E-state index >= 15 is 0 Å². The monoisotopic (exact) mass is 408 g/mol. The van der Waals surface area contributed by atoms with Gasteiger partial charge in [0.1, 0.15) is 8.07 Å². The fourth-order valence-corrected chi connectivity index (χ4v) is 8.63. The minimum atomic E-state index is -1.82. The summed E-state index contributed by atoms with van der Waals surface area (Å²) in [5.41, 5.74) is 10.1. The molecule has 2 aliphatic heterocycles. The van der Waals surface area contributed by atoms with E-state index < -0.39 is 8.07 Å². The Morgan fingerprint density at radius 1 is 0.667 bits per heavy atom. The van der Waals surface area contributed by atoms with Crippen molar-refractivity contribution in [3.63, 3.8) is 0 Å². The molecule has 0 bridgehead atoms. The molecule has 4 heteroatoms. The summed E-state index contributed by atoms with van der Waals surface area (Å²) in [6.45, 7) is 13.6. The molecular formula is C20H22N2SiZr. The molecule has 4 rings (SSSR count). The van der Waals surface area contributed by atoms with Gasteiger partial charge in [0, 0.05) is 48.7 Å². The molecule has 120 valence electrons. The van der Waals surface area contributed by atoms with Crippen molar-refractivity contribution in [1.82, 2.24) is 0 Å². The van der Waals surface area contributed by atoms with Gasteiger partial charge in [0.05, 0.1) is 11.4 Å². The van der Waals surface area contributed by atoms with E-state index in [1.54, 1.807) is 10.4 Å². The van der Waals surface area contributed by atoms with Gasteiger partial charge >= 0.3 is 0 Å². The van der Waals surface area contributed by atoms with Crippen LogP contribution in [-0.4, -0.2) is 19.5 Å². The van der Waals surface area contributed by atoms with Gasteiger partial charge in [-0.25, -0.2) is 0 Å². The van der Waals surface area contributed by atoms with E-state index in [1.807, 2.05) is 0 Å². The van der Waals surface area contributed by atoms with Crippen molar-refractivity contribution in [3.8, 4) is 0 Å². The standard InChI is InChI=1S/C20H22N2Si.Zr/c1-11-7-17-15(9-13(3)21-17)19(11)23(5,6)20-12(2)8-18-16(20)10-14(4)22-18;/h7-10H,1-6H3;. The van der Waals surface area contributed by atoms with E-state index in [0.29, 0.717) is 0 Å². The van der Waals surface area contributed by atoms with Crippen LogP contribution in [0.4, 0.5) is 0 Å². The Kier molecular flexibility index (Phi) is 4.21. The second-order valence-corrected chi connectivity index (χ2v) is 11.7. The third kappa shape index (κ3) is 2.38. The van der Waals surface area contributed by atoms with E-state index in [4.69, 9.17) is 0 Å². The van der Waals surface area contributed by atoms with Crippen molar-refractivity contribution in [1.29, 1.82) is 0 Å². The number of nitrogens with zero attached hydrogens (tertiary/aromatic N) is 2. The number of aliphatic imine (C=N–C) groups is 2. The summed E-state index contributed by atoms with van der Waals surface area (Å²) in [6.07, 6.45) is 9.04. The van der Waals surface area contributed by atoms with E-state index in [9.17, 15) is 0 Å². The van der Waals surface area contributed by atoms with E-state index in [1.165, 1.54) is 22.3 Å². The van der Waals surface area contributed by atoms with Gasteiger partial charge in [0.15, 0.2) is 0 Å². The van der Waals surface area contributed by atoms with Crippen LogP contribution in [0, 0.1) is 0 Å². The maximum absolute atomic E-state index is 4.69. The summed E-state index contributed by atoms with van der Waals surface area (Å²) in [5, 5.41) is 3.09. The first kappa shape index (κ1) is 17.7. The van der Waals surface area contributed by atoms with E-state index in [-0.39, 0.29) is 26.2 Å². The van der Waals surface area contributed by atoms with Gasteiger partial charge in [0.25, 0.3) is 0 Å². The molecule has 4 aliphatic rings. The first-order valence-corrected chi connectivity index (χ1v) is 11.2. The Morgan fingerprint density at radius 3 is 1.42 bits per heavy atom. The van der Waals surface area contributed by atoms with Gasteiger partial charge in [-0.05, 0) is 73.5 Å². The third-order valence-corrected chi connectivity index (χ3v) is 8.96. The zero-order chi connectivity index (χ0) is 16.5. The average Bonchev–Trinajstić information content (AvgIpc) is 3.06. The maximum Gasteiger partial charge on any atom is 0.114 e. The van der Waals surface area contributed by atoms with Crippen LogP contribution in [0.3, 0.4) is 0 Å². The van der Waals surface area contributed by atoms with Crippen LogP contribution in [0.2, 0.25) is 13.1 Å². The molecule has 0 spiro atoms. The van der Waals surface area contributed by atoms with Gasteiger partial charge in [0.2, 0.25) is 0 Å². The summed E-state index contributed by atoms with van der Waals surface area (Å²) in [5.74, 6) is 0. The predicted octanol–water partition coefficient (Wildman–Crippen LogP) is 5.00. The molecule has 2 aliphatic carbocycles. The van der Waals surface area contributed by atoms with Crippen LogP contribution in [0.15, 0.2) is 78.4 Å². The molecule has 0 aromatic rings. The molecule has 0 aromatic heterocycles. The second-order valence-electron chi connectivity index (χ2n) is 7.42. The van der Waals surface area contributed by atoms with Gasteiger partial charge in [-0.1, -0.05) is 13.1 Å². The molecule has 2 nitrogen and oxygen atoms in total. The molecule has 0 atom stereocenters. The number of hydrogen-bond acceptors (Lipinski definition) is 2. The zero-order valence-corrected chi connectivity index (χ0v) is 18.7. The van der Waals surface area contributed by atoms with Crippen molar-refractivity contribution in [3.05, 3.63) is 68.4 Å². The average molecular weight is 410 g/mol. The third-order valence-electron chi connectivity index (χ3n) is 5.14. The Labute approximate surface area is 164 Å². The minimum Gasteiger partial charge on any atom is -0.253 e. The topological polar surface area (TPSA) is 24.7 Å². The summed E-state index contributed by atoms with van der Waals surface area (Å²) >= 11 is 0. The van der Waals surface area contributed by atoms with Crippen molar-refractivity contribution in [2.75, 3.05) is 0 Å². The SMILES string of the molecule is CC1=CC2=C([Si](C)(C)C3=C4C=C(C)N=C4C=C3C)C(C)=CC2=N1.[Zr]. The predicted molar refractivity (Wildman–Crippen MR) is 101 cm³/mol. The van der Waals surface area contributed by atoms with Crippen LogP contribution in [0.1, 0.15) is 27.7 Å². The van der Waals surface area contributed by atoms with Crippen LogP contribution < -0.4 is 0 Å². The van der Waals surface area contributed by atoms with Gasteiger partial charge in [-0.15, -0.1) is 0 Å². The quantitative estimate of drug-likeness (QED) is 0.573. The van der Waals surface area contributed by atoms with Crippen LogP contribution in [-0.2, 0) is 26.2 Å².